The van der Waals surface area contributed by atoms with Crippen molar-refractivity contribution in [2.75, 3.05) is 0 Å². The maximum absolute atomic E-state index is 13.3. The molecule has 0 bridgehead atoms. The molecule has 2 rings (SSSR count). The molecule has 3 N–H and O–H groups in total. The Morgan fingerprint density at radius 3 is 2.67 bits per heavy atom. The molecule has 18 heavy (non-hydrogen) atoms. The Bertz CT molecular complexity index is 445. The van der Waals surface area contributed by atoms with E-state index in [-0.39, 0.29) is 22.5 Å². The summed E-state index contributed by atoms with van der Waals surface area (Å²) >= 11 is 3.10. The van der Waals surface area contributed by atoms with Gasteiger partial charge in [0.25, 0.3) is 5.91 Å². The number of amides is 1. The average molecular weight is 315 g/mol. The first-order valence-corrected chi connectivity index (χ1v) is 6.87. The first kappa shape index (κ1) is 13.5. The Morgan fingerprint density at radius 1 is 1.33 bits per heavy atom. The number of carbonyl (C=O) groups is 1. The highest BCUT2D eigenvalue weighted by Gasteiger charge is 2.21. The van der Waals surface area contributed by atoms with Crippen LogP contribution in [0.2, 0.25) is 0 Å². The highest BCUT2D eigenvalue weighted by molar-refractivity contribution is 9.10. The Kier molecular flexibility index (Phi) is 4.35. The molecular weight excluding hydrogens is 299 g/mol. The lowest BCUT2D eigenvalue weighted by Crippen LogP contribution is -2.40. The molecule has 1 aliphatic carbocycles. The van der Waals surface area contributed by atoms with Gasteiger partial charge in [-0.2, -0.15) is 0 Å². The second-order valence-electron chi connectivity index (χ2n) is 4.69. The van der Waals surface area contributed by atoms with Crippen LogP contribution in [0.5, 0.6) is 0 Å². The minimum Gasteiger partial charge on any atom is -0.349 e. The second kappa shape index (κ2) is 5.80. The van der Waals surface area contributed by atoms with Crippen LogP contribution in [-0.2, 0) is 0 Å². The number of carbonyl (C=O) groups excluding carboxylic acids is 1. The summed E-state index contributed by atoms with van der Waals surface area (Å²) < 4.78 is 13.5. The third-order valence-corrected chi connectivity index (χ3v) is 4.11. The lowest BCUT2D eigenvalue weighted by atomic mass is 9.91. The van der Waals surface area contributed by atoms with E-state index in [9.17, 15) is 9.18 Å². The molecule has 0 unspecified atom stereocenters. The standard InChI is InChI=1S/C13H16BrFN2O/c14-12-10(2-1-3-11(12)15)13(18)17-9-6-4-8(16)5-7-9/h1-3,8-9H,4-7,16H2,(H,17,18). The van der Waals surface area contributed by atoms with E-state index in [2.05, 4.69) is 21.2 Å². The Labute approximate surface area is 114 Å². The fourth-order valence-corrected chi connectivity index (χ4v) is 2.65. The van der Waals surface area contributed by atoms with E-state index < -0.39 is 5.82 Å². The number of halogens is 2. The quantitative estimate of drug-likeness (QED) is 0.881. The SMILES string of the molecule is NC1CCC(NC(=O)c2cccc(F)c2Br)CC1. The summed E-state index contributed by atoms with van der Waals surface area (Å²) in [4.78, 5) is 12.0. The first-order chi connectivity index (χ1) is 8.58. The summed E-state index contributed by atoms with van der Waals surface area (Å²) in [6.45, 7) is 0. The molecule has 0 aliphatic heterocycles. The normalized spacial score (nSPS) is 23.7. The summed E-state index contributed by atoms with van der Waals surface area (Å²) in [5.41, 5.74) is 6.15. The van der Waals surface area contributed by atoms with Crippen LogP contribution in [0.15, 0.2) is 22.7 Å². The van der Waals surface area contributed by atoms with Gasteiger partial charge < -0.3 is 11.1 Å². The molecule has 0 spiro atoms. The summed E-state index contributed by atoms with van der Waals surface area (Å²) in [7, 11) is 0. The van der Waals surface area contributed by atoms with Gasteiger partial charge in [-0.3, -0.25) is 4.79 Å². The zero-order valence-corrected chi connectivity index (χ0v) is 11.5. The molecule has 3 nitrogen and oxygen atoms in total. The summed E-state index contributed by atoms with van der Waals surface area (Å²) in [5.74, 6) is -0.657. The fraction of sp³-hybridized carbons (Fsp3) is 0.462. The molecule has 0 radical (unpaired) electrons. The van der Waals surface area contributed by atoms with Gasteiger partial charge in [0.15, 0.2) is 0 Å². The van der Waals surface area contributed by atoms with Gasteiger partial charge in [-0.05, 0) is 53.7 Å². The number of rotatable bonds is 2. The van der Waals surface area contributed by atoms with Crippen LogP contribution in [0.25, 0.3) is 0 Å². The van der Waals surface area contributed by atoms with Gasteiger partial charge in [-0.25, -0.2) is 4.39 Å². The van der Waals surface area contributed by atoms with E-state index in [0.717, 1.165) is 25.7 Å². The summed E-state index contributed by atoms with van der Waals surface area (Å²) in [5, 5.41) is 2.93. The van der Waals surface area contributed by atoms with Crippen molar-refractivity contribution in [3.8, 4) is 0 Å². The van der Waals surface area contributed by atoms with Gasteiger partial charge in [-0.15, -0.1) is 0 Å². The smallest absolute Gasteiger partial charge is 0.252 e. The van der Waals surface area contributed by atoms with E-state index in [1.165, 1.54) is 12.1 Å². The Balaban J connectivity index is 2.01. The van der Waals surface area contributed by atoms with Crippen molar-refractivity contribution in [2.45, 2.75) is 37.8 Å². The minimum atomic E-state index is -0.423. The molecule has 0 heterocycles. The van der Waals surface area contributed by atoms with Gasteiger partial charge in [0.1, 0.15) is 5.82 Å². The minimum absolute atomic E-state index is 0.146. The Hall–Kier alpha value is -0.940. The molecule has 0 saturated heterocycles. The monoisotopic (exact) mass is 314 g/mol. The van der Waals surface area contributed by atoms with E-state index in [4.69, 9.17) is 5.73 Å². The van der Waals surface area contributed by atoms with Crippen LogP contribution < -0.4 is 11.1 Å². The zero-order chi connectivity index (χ0) is 13.1. The second-order valence-corrected chi connectivity index (χ2v) is 5.48. The molecule has 1 aromatic rings. The topological polar surface area (TPSA) is 55.1 Å². The molecule has 1 saturated carbocycles. The van der Waals surface area contributed by atoms with Crippen LogP contribution in [0.4, 0.5) is 4.39 Å². The van der Waals surface area contributed by atoms with Crippen LogP contribution in [-0.4, -0.2) is 18.0 Å². The zero-order valence-electron chi connectivity index (χ0n) is 9.96. The van der Waals surface area contributed by atoms with Gasteiger partial charge in [-0.1, -0.05) is 6.07 Å². The lowest BCUT2D eigenvalue weighted by Gasteiger charge is -2.26. The number of benzene rings is 1. The number of nitrogens with one attached hydrogen (secondary N) is 1. The van der Waals surface area contributed by atoms with Crippen LogP contribution in [0.3, 0.4) is 0 Å². The number of hydrogen-bond donors (Lipinski definition) is 2. The molecule has 0 aromatic heterocycles. The highest BCUT2D eigenvalue weighted by Crippen LogP contribution is 2.22. The van der Waals surface area contributed by atoms with Crippen molar-refractivity contribution >= 4 is 21.8 Å². The molecule has 0 atom stereocenters. The molecule has 98 valence electrons. The van der Waals surface area contributed by atoms with Gasteiger partial charge >= 0.3 is 0 Å². The number of hydrogen-bond acceptors (Lipinski definition) is 2. The third kappa shape index (κ3) is 3.09. The first-order valence-electron chi connectivity index (χ1n) is 6.08. The lowest BCUT2D eigenvalue weighted by molar-refractivity contribution is 0.0924. The van der Waals surface area contributed by atoms with Crippen LogP contribution >= 0.6 is 15.9 Å². The average Bonchev–Trinajstić information content (AvgIpc) is 2.35. The van der Waals surface area contributed by atoms with Gasteiger partial charge in [0, 0.05) is 12.1 Å². The van der Waals surface area contributed by atoms with E-state index in [1.807, 2.05) is 0 Å². The van der Waals surface area contributed by atoms with Crippen molar-refractivity contribution < 1.29 is 9.18 Å². The summed E-state index contributed by atoms with van der Waals surface area (Å²) in [6, 6.07) is 4.86. The van der Waals surface area contributed by atoms with Crippen molar-refractivity contribution in [1.29, 1.82) is 0 Å². The predicted molar refractivity (Wildman–Crippen MR) is 71.8 cm³/mol. The summed E-state index contributed by atoms with van der Waals surface area (Å²) in [6.07, 6.45) is 3.63. The fourth-order valence-electron chi connectivity index (χ4n) is 2.21. The van der Waals surface area contributed by atoms with Crippen molar-refractivity contribution in [1.82, 2.24) is 5.32 Å². The highest BCUT2D eigenvalue weighted by atomic mass is 79.9. The third-order valence-electron chi connectivity index (χ3n) is 3.30. The van der Waals surface area contributed by atoms with Gasteiger partial charge in [0.05, 0.1) is 10.0 Å². The predicted octanol–water partition coefficient (Wildman–Crippen LogP) is 2.59. The number of nitrogens with two attached hydrogens (primary N) is 1. The van der Waals surface area contributed by atoms with Crippen LogP contribution in [0, 0.1) is 5.82 Å². The molecule has 1 fully saturated rings. The van der Waals surface area contributed by atoms with Crippen molar-refractivity contribution in [2.24, 2.45) is 5.73 Å². The van der Waals surface area contributed by atoms with Crippen LogP contribution in [0.1, 0.15) is 36.0 Å². The van der Waals surface area contributed by atoms with E-state index >= 15 is 0 Å². The molecule has 1 amide bonds. The maximum Gasteiger partial charge on any atom is 0.252 e. The molecule has 1 aliphatic rings. The largest absolute Gasteiger partial charge is 0.349 e. The van der Waals surface area contributed by atoms with Crippen molar-refractivity contribution in [3.63, 3.8) is 0 Å². The van der Waals surface area contributed by atoms with E-state index in [0.29, 0.717) is 5.56 Å². The van der Waals surface area contributed by atoms with Crippen molar-refractivity contribution in [3.05, 3.63) is 34.1 Å². The Morgan fingerprint density at radius 2 is 2.00 bits per heavy atom. The molecular formula is C13H16BrFN2O. The van der Waals surface area contributed by atoms with E-state index in [1.54, 1.807) is 6.07 Å². The molecule has 1 aromatic carbocycles. The molecule has 5 heteroatoms. The van der Waals surface area contributed by atoms with Gasteiger partial charge in [0.2, 0.25) is 0 Å². The maximum atomic E-state index is 13.3.